The average Bonchev–Trinajstić information content (AvgIpc) is 3.21. The Bertz CT molecular complexity index is 1150. The third kappa shape index (κ3) is 4.83. The van der Waals surface area contributed by atoms with Crippen LogP contribution in [0.2, 0.25) is 0 Å². The predicted octanol–water partition coefficient (Wildman–Crippen LogP) is 3.17. The molecule has 30 heavy (non-hydrogen) atoms. The number of carbonyl (C=O) groups excluding carboxylic acids is 1. The van der Waals surface area contributed by atoms with E-state index in [1.54, 1.807) is 12.1 Å². The summed E-state index contributed by atoms with van der Waals surface area (Å²) in [7, 11) is -3.18. The molecular formula is C22H24N2O5S. The average molecular weight is 429 g/mol. The lowest BCUT2D eigenvalue weighted by Gasteiger charge is -2.30. The van der Waals surface area contributed by atoms with Gasteiger partial charge in [-0.15, -0.1) is 0 Å². The molecule has 0 saturated carbocycles. The Hall–Kier alpha value is -2.84. The zero-order valence-electron chi connectivity index (χ0n) is 16.7. The smallest absolute Gasteiger partial charge is 0.287 e. The Balaban J connectivity index is 1.30. The maximum atomic E-state index is 12.4. The van der Waals surface area contributed by atoms with Gasteiger partial charge in [0.05, 0.1) is 6.26 Å². The van der Waals surface area contributed by atoms with Crippen molar-refractivity contribution in [3.8, 4) is 5.75 Å². The van der Waals surface area contributed by atoms with Crippen molar-refractivity contribution in [2.75, 3.05) is 19.3 Å². The minimum Gasteiger partial charge on any atom is -0.486 e. The molecule has 0 unspecified atom stereocenters. The van der Waals surface area contributed by atoms with Crippen LogP contribution in [0.25, 0.3) is 10.8 Å². The van der Waals surface area contributed by atoms with Crippen molar-refractivity contribution in [1.29, 1.82) is 0 Å². The van der Waals surface area contributed by atoms with Crippen molar-refractivity contribution in [2.24, 2.45) is 0 Å². The van der Waals surface area contributed by atoms with Crippen LogP contribution in [0.5, 0.6) is 5.75 Å². The number of amides is 1. The zero-order chi connectivity index (χ0) is 21.1. The van der Waals surface area contributed by atoms with Gasteiger partial charge in [0.15, 0.2) is 5.76 Å². The molecule has 8 heteroatoms. The number of benzene rings is 2. The molecule has 0 bridgehead atoms. The van der Waals surface area contributed by atoms with Gasteiger partial charge in [-0.3, -0.25) is 4.79 Å². The fourth-order valence-corrected chi connectivity index (χ4v) is 4.45. The molecule has 1 aliphatic heterocycles. The Kier molecular flexibility index (Phi) is 5.78. The summed E-state index contributed by atoms with van der Waals surface area (Å²) in [4.78, 5) is 12.4. The molecule has 158 valence electrons. The number of hydrogen-bond donors (Lipinski definition) is 1. The van der Waals surface area contributed by atoms with Gasteiger partial charge in [-0.05, 0) is 47.9 Å². The number of fused-ring (bicyclic) bond motifs is 1. The number of carbonyl (C=O) groups is 1. The third-order valence-electron chi connectivity index (χ3n) is 5.25. The fourth-order valence-electron chi connectivity index (χ4n) is 3.58. The second-order valence-electron chi connectivity index (χ2n) is 7.47. The zero-order valence-corrected chi connectivity index (χ0v) is 17.5. The maximum absolute atomic E-state index is 12.4. The molecule has 1 aliphatic rings. The summed E-state index contributed by atoms with van der Waals surface area (Å²) in [6.07, 6.45) is 2.37. The minimum absolute atomic E-state index is 0.0714. The van der Waals surface area contributed by atoms with Gasteiger partial charge in [0, 0.05) is 19.1 Å². The molecule has 1 amide bonds. The van der Waals surface area contributed by atoms with Crippen LogP contribution in [0.3, 0.4) is 0 Å². The lowest BCUT2D eigenvalue weighted by molar-refractivity contribution is 0.0891. The monoisotopic (exact) mass is 428 g/mol. The highest BCUT2D eigenvalue weighted by molar-refractivity contribution is 7.88. The first kappa shape index (κ1) is 20.4. The molecule has 0 radical (unpaired) electrons. The second kappa shape index (κ2) is 8.49. The van der Waals surface area contributed by atoms with E-state index in [1.807, 2.05) is 42.5 Å². The van der Waals surface area contributed by atoms with E-state index in [1.165, 1.54) is 10.6 Å². The number of piperidine rings is 1. The molecule has 2 aromatic carbocycles. The highest BCUT2D eigenvalue weighted by Crippen LogP contribution is 2.22. The summed E-state index contributed by atoms with van der Waals surface area (Å²) in [5.74, 6) is 1.20. The number of ether oxygens (including phenoxy) is 1. The number of rotatable bonds is 6. The molecule has 1 N–H and O–H groups in total. The SMILES string of the molecule is CS(=O)(=O)N1CCC(NC(=O)c2ccc(COc3ccc4ccccc4c3)o2)CC1. The van der Waals surface area contributed by atoms with Crippen molar-refractivity contribution in [3.63, 3.8) is 0 Å². The predicted molar refractivity (Wildman–Crippen MR) is 114 cm³/mol. The second-order valence-corrected chi connectivity index (χ2v) is 9.46. The Labute approximate surface area is 175 Å². The molecule has 0 aliphatic carbocycles. The Morgan fingerprint density at radius 3 is 2.57 bits per heavy atom. The van der Waals surface area contributed by atoms with Crippen LogP contribution >= 0.6 is 0 Å². The van der Waals surface area contributed by atoms with Gasteiger partial charge in [-0.2, -0.15) is 0 Å². The summed E-state index contributed by atoms with van der Waals surface area (Å²) in [5, 5.41) is 5.16. The van der Waals surface area contributed by atoms with Crippen LogP contribution in [0.4, 0.5) is 0 Å². The molecule has 1 saturated heterocycles. The van der Waals surface area contributed by atoms with Gasteiger partial charge in [-0.25, -0.2) is 12.7 Å². The molecule has 4 rings (SSSR count). The molecular weight excluding hydrogens is 404 g/mol. The summed E-state index contributed by atoms with van der Waals surface area (Å²) in [5.41, 5.74) is 0. The van der Waals surface area contributed by atoms with Crippen molar-refractivity contribution in [1.82, 2.24) is 9.62 Å². The molecule has 0 atom stereocenters. The molecule has 1 fully saturated rings. The van der Waals surface area contributed by atoms with Crippen molar-refractivity contribution in [2.45, 2.75) is 25.5 Å². The van der Waals surface area contributed by atoms with E-state index in [2.05, 4.69) is 5.32 Å². The Morgan fingerprint density at radius 1 is 1.10 bits per heavy atom. The number of hydrogen-bond acceptors (Lipinski definition) is 5. The van der Waals surface area contributed by atoms with Gasteiger partial charge in [0.2, 0.25) is 10.0 Å². The maximum Gasteiger partial charge on any atom is 0.287 e. The van der Waals surface area contributed by atoms with E-state index < -0.39 is 10.0 Å². The van der Waals surface area contributed by atoms with E-state index in [0.29, 0.717) is 31.7 Å². The van der Waals surface area contributed by atoms with Gasteiger partial charge in [-0.1, -0.05) is 30.3 Å². The van der Waals surface area contributed by atoms with E-state index in [9.17, 15) is 13.2 Å². The van der Waals surface area contributed by atoms with E-state index >= 15 is 0 Å². The van der Waals surface area contributed by atoms with Crippen molar-refractivity contribution in [3.05, 3.63) is 66.1 Å². The molecule has 0 spiro atoms. The summed E-state index contributed by atoms with van der Waals surface area (Å²) >= 11 is 0. The first-order valence-electron chi connectivity index (χ1n) is 9.85. The quantitative estimate of drug-likeness (QED) is 0.652. The van der Waals surface area contributed by atoms with E-state index in [-0.39, 0.29) is 24.3 Å². The molecule has 1 aromatic heterocycles. The standard InChI is InChI=1S/C22H24N2O5S/c1-30(26,27)24-12-10-18(11-13-24)23-22(25)21-9-8-20(29-21)15-28-19-7-6-16-4-2-3-5-17(16)14-19/h2-9,14,18H,10-13,15H2,1H3,(H,23,25). The largest absolute Gasteiger partial charge is 0.486 e. The Morgan fingerprint density at radius 2 is 1.83 bits per heavy atom. The summed E-state index contributed by atoms with van der Waals surface area (Å²) in [6.45, 7) is 1.04. The van der Waals surface area contributed by atoms with Crippen molar-refractivity contribution < 1.29 is 22.4 Å². The highest BCUT2D eigenvalue weighted by atomic mass is 32.2. The first-order valence-corrected chi connectivity index (χ1v) is 11.7. The van der Waals surface area contributed by atoms with Gasteiger partial charge < -0.3 is 14.5 Å². The van der Waals surface area contributed by atoms with E-state index in [4.69, 9.17) is 9.15 Å². The van der Waals surface area contributed by atoms with Crippen LogP contribution in [0.1, 0.15) is 29.2 Å². The number of nitrogens with zero attached hydrogens (tertiary/aromatic N) is 1. The van der Waals surface area contributed by atoms with Gasteiger partial charge in [0.25, 0.3) is 5.91 Å². The minimum atomic E-state index is -3.18. The summed E-state index contributed by atoms with van der Waals surface area (Å²) in [6, 6.07) is 17.2. The van der Waals surface area contributed by atoms with Crippen LogP contribution < -0.4 is 10.1 Å². The lowest BCUT2D eigenvalue weighted by Crippen LogP contribution is -2.46. The molecule has 3 aromatic rings. The van der Waals surface area contributed by atoms with Gasteiger partial charge in [0.1, 0.15) is 18.1 Å². The van der Waals surface area contributed by atoms with E-state index in [0.717, 1.165) is 16.5 Å². The van der Waals surface area contributed by atoms with Crippen LogP contribution in [-0.4, -0.2) is 44.0 Å². The van der Waals surface area contributed by atoms with Crippen LogP contribution in [0, 0.1) is 0 Å². The van der Waals surface area contributed by atoms with Crippen LogP contribution in [0.15, 0.2) is 59.0 Å². The normalized spacial score (nSPS) is 15.9. The van der Waals surface area contributed by atoms with Gasteiger partial charge >= 0.3 is 0 Å². The topological polar surface area (TPSA) is 88.9 Å². The number of sulfonamides is 1. The number of furan rings is 1. The van der Waals surface area contributed by atoms with Crippen LogP contribution in [-0.2, 0) is 16.6 Å². The van der Waals surface area contributed by atoms with Crippen molar-refractivity contribution >= 4 is 26.7 Å². The highest BCUT2D eigenvalue weighted by Gasteiger charge is 2.26. The molecule has 2 heterocycles. The third-order valence-corrected chi connectivity index (χ3v) is 6.55. The molecule has 7 nitrogen and oxygen atoms in total. The number of nitrogens with one attached hydrogen (secondary N) is 1. The fraction of sp³-hybridized carbons (Fsp3) is 0.318. The summed E-state index contributed by atoms with van der Waals surface area (Å²) < 4.78 is 36.0. The lowest BCUT2D eigenvalue weighted by atomic mass is 10.1. The first-order chi connectivity index (χ1) is 14.4.